The van der Waals surface area contributed by atoms with E-state index in [1.807, 2.05) is 6.20 Å². The number of nitrogens with one attached hydrogen (secondary N) is 1. The summed E-state index contributed by atoms with van der Waals surface area (Å²) in [4.78, 5) is 18.5. The van der Waals surface area contributed by atoms with Gasteiger partial charge in [-0.3, -0.25) is 9.69 Å². The van der Waals surface area contributed by atoms with E-state index in [-0.39, 0.29) is 22.8 Å². The number of aromatic nitrogens is 1. The fourth-order valence-electron chi connectivity index (χ4n) is 3.60. The van der Waals surface area contributed by atoms with Crippen molar-refractivity contribution >= 4 is 5.91 Å². The summed E-state index contributed by atoms with van der Waals surface area (Å²) in [5, 5.41) is 3.00. The number of hydrogen-bond acceptors (Lipinski definition) is 4. The molecule has 0 aliphatic carbocycles. The third-order valence-corrected chi connectivity index (χ3v) is 5.05. The summed E-state index contributed by atoms with van der Waals surface area (Å²) in [6.45, 7) is 11.4. The van der Waals surface area contributed by atoms with Gasteiger partial charge in [-0.1, -0.05) is 20.8 Å². The van der Waals surface area contributed by atoms with Crippen molar-refractivity contribution in [3.05, 3.63) is 17.8 Å². The molecule has 3 rings (SSSR count). The molecule has 1 aromatic heterocycles. The standard InChI is InChI=1S/C17H27N3O2/c1-12(15-18-9-13(22-15)16(2,3)4)20-7-5-6-17(11-20)8-14(21)19-10-17/h9,12H,5-8,10-11H2,1-4H3,(H,19,21)/t12-,17+/m0/s1. The molecule has 2 atom stereocenters. The predicted molar refractivity (Wildman–Crippen MR) is 84.5 cm³/mol. The topological polar surface area (TPSA) is 58.4 Å². The van der Waals surface area contributed by atoms with Crippen LogP contribution in [0.25, 0.3) is 0 Å². The van der Waals surface area contributed by atoms with Crippen LogP contribution in [0.2, 0.25) is 0 Å². The number of amides is 1. The molecule has 0 unspecified atom stereocenters. The summed E-state index contributed by atoms with van der Waals surface area (Å²) in [7, 11) is 0. The van der Waals surface area contributed by atoms with Crippen LogP contribution in [-0.2, 0) is 10.2 Å². The van der Waals surface area contributed by atoms with Gasteiger partial charge < -0.3 is 9.73 Å². The molecule has 22 heavy (non-hydrogen) atoms. The molecule has 1 spiro atoms. The summed E-state index contributed by atoms with van der Waals surface area (Å²) >= 11 is 0. The number of piperidine rings is 1. The molecule has 0 aromatic carbocycles. The molecule has 1 amide bonds. The van der Waals surface area contributed by atoms with Crippen molar-refractivity contribution in [3.8, 4) is 0 Å². The van der Waals surface area contributed by atoms with Crippen molar-refractivity contribution in [3.63, 3.8) is 0 Å². The molecule has 0 radical (unpaired) electrons. The average Bonchev–Trinajstić information content (AvgIpc) is 3.05. The largest absolute Gasteiger partial charge is 0.443 e. The fraction of sp³-hybridized carbons (Fsp3) is 0.765. The average molecular weight is 305 g/mol. The Hall–Kier alpha value is -1.36. The van der Waals surface area contributed by atoms with E-state index in [2.05, 4.69) is 42.9 Å². The smallest absolute Gasteiger partial charge is 0.220 e. The maximum atomic E-state index is 11.6. The third kappa shape index (κ3) is 2.91. The Kier molecular flexibility index (Phi) is 3.79. The lowest BCUT2D eigenvalue weighted by molar-refractivity contribution is -0.120. The first kappa shape index (κ1) is 15.5. The van der Waals surface area contributed by atoms with E-state index in [0.717, 1.165) is 44.1 Å². The van der Waals surface area contributed by atoms with Crippen molar-refractivity contribution in [1.82, 2.24) is 15.2 Å². The van der Waals surface area contributed by atoms with Crippen molar-refractivity contribution in [2.24, 2.45) is 5.41 Å². The molecule has 2 fully saturated rings. The van der Waals surface area contributed by atoms with Gasteiger partial charge in [0.1, 0.15) is 5.76 Å². The number of carbonyl (C=O) groups excluding carboxylic acids is 1. The second kappa shape index (κ2) is 5.37. The quantitative estimate of drug-likeness (QED) is 0.912. The van der Waals surface area contributed by atoms with Gasteiger partial charge in [0.05, 0.1) is 12.2 Å². The summed E-state index contributed by atoms with van der Waals surface area (Å²) in [6.07, 6.45) is 4.78. The fourth-order valence-corrected chi connectivity index (χ4v) is 3.60. The molecule has 5 heteroatoms. The molecule has 3 heterocycles. The van der Waals surface area contributed by atoms with Gasteiger partial charge in [0, 0.05) is 30.3 Å². The molecule has 0 saturated carbocycles. The monoisotopic (exact) mass is 305 g/mol. The molecule has 2 aliphatic heterocycles. The molecule has 1 N–H and O–H groups in total. The molecule has 1 aromatic rings. The maximum absolute atomic E-state index is 11.6. The SMILES string of the molecule is C[C@@H](c1ncc(C(C)(C)C)o1)N1CCC[C@@]2(CNC(=O)C2)C1. The zero-order valence-corrected chi connectivity index (χ0v) is 14.1. The first-order valence-electron chi connectivity index (χ1n) is 8.26. The zero-order valence-electron chi connectivity index (χ0n) is 14.1. The van der Waals surface area contributed by atoms with Gasteiger partial charge in [-0.15, -0.1) is 0 Å². The third-order valence-electron chi connectivity index (χ3n) is 5.05. The Labute approximate surface area is 132 Å². The summed E-state index contributed by atoms with van der Waals surface area (Å²) in [6, 6.07) is 0.156. The number of rotatable bonds is 2. The van der Waals surface area contributed by atoms with Crippen LogP contribution < -0.4 is 5.32 Å². The molecular formula is C17H27N3O2. The van der Waals surface area contributed by atoms with Gasteiger partial charge in [0.2, 0.25) is 11.8 Å². The van der Waals surface area contributed by atoms with E-state index in [9.17, 15) is 4.79 Å². The molecule has 2 saturated heterocycles. The highest BCUT2D eigenvalue weighted by atomic mass is 16.4. The molecule has 122 valence electrons. The van der Waals surface area contributed by atoms with Crippen LogP contribution in [0.1, 0.15) is 64.7 Å². The molecular weight excluding hydrogens is 278 g/mol. The lowest BCUT2D eigenvalue weighted by Gasteiger charge is -2.41. The Morgan fingerprint density at radius 3 is 2.82 bits per heavy atom. The summed E-state index contributed by atoms with van der Waals surface area (Å²) in [5.74, 6) is 1.92. The molecule has 5 nitrogen and oxygen atoms in total. The van der Waals surface area contributed by atoms with Crippen LogP contribution in [0.3, 0.4) is 0 Å². The number of carbonyl (C=O) groups is 1. The highest BCUT2D eigenvalue weighted by molar-refractivity contribution is 5.79. The minimum absolute atomic E-state index is 0.0180. The number of oxazole rings is 1. The van der Waals surface area contributed by atoms with Crippen LogP contribution in [0, 0.1) is 5.41 Å². The van der Waals surface area contributed by atoms with Gasteiger partial charge in [-0.25, -0.2) is 4.98 Å². The highest BCUT2D eigenvalue weighted by Crippen LogP contribution is 2.39. The van der Waals surface area contributed by atoms with Crippen molar-refractivity contribution in [1.29, 1.82) is 0 Å². The zero-order chi connectivity index (χ0) is 16.0. The van der Waals surface area contributed by atoms with Crippen LogP contribution >= 0.6 is 0 Å². The van der Waals surface area contributed by atoms with Gasteiger partial charge >= 0.3 is 0 Å². The predicted octanol–water partition coefficient (Wildman–Crippen LogP) is 2.64. The lowest BCUT2D eigenvalue weighted by Crippen LogP contribution is -2.45. The Morgan fingerprint density at radius 2 is 2.23 bits per heavy atom. The van der Waals surface area contributed by atoms with E-state index in [4.69, 9.17) is 4.42 Å². The van der Waals surface area contributed by atoms with E-state index >= 15 is 0 Å². The Balaban J connectivity index is 1.73. The van der Waals surface area contributed by atoms with Gasteiger partial charge in [-0.05, 0) is 26.3 Å². The van der Waals surface area contributed by atoms with Crippen LogP contribution in [0.5, 0.6) is 0 Å². The minimum Gasteiger partial charge on any atom is -0.443 e. The maximum Gasteiger partial charge on any atom is 0.220 e. The molecule has 2 aliphatic rings. The van der Waals surface area contributed by atoms with E-state index < -0.39 is 0 Å². The van der Waals surface area contributed by atoms with Gasteiger partial charge in [-0.2, -0.15) is 0 Å². The summed E-state index contributed by atoms with van der Waals surface area (Å²) < 4.78 is 6.00. The van der Waals surface area contributed by atoms with Crippen molar-refractivity contribution in [2.75, 3.05) is 19.6 Å². The number of nitrogens with zero attached hydrogens (tertiary/aromatic N) is 2. The normalized spacial score (nSPS) is 28.1. The van der Waals surface area contributed by atoms with Crippen LogP contribution in [0.15, 0.2) is 10.6 Å². The van der Waals surface area contributed by atoms with Crippen LogP contribution in [-0.4, -0.2) is 35.4 Å². The number of hydrogen-bond donors (Lipinski definition) is 1. The van der Waals surface area contributed by atoms with Gasteiger partial charge in [0.15, 0.2) is 0 Å². The number of likely N-dealkylation sites (tertiary alicyclic amines) is 1. The first-order valence-corrected chi connectivity index (χ1v) is 8.26. The first-order chi connectivity index (χ1) is 10.3. The van der Waals surface area contributed by atoms with E-state index in [0.29, 0.717) is 6.42 Å². The van der Waals surface area contributed by atoms with Gasteiger partial charge in [0.25, 0.3) is 0 Å². The minimum atomic E-state index is -0.0180. The van der Waals surface area contributed by atoms with E-state index in [1.165, 1.54) is 0 Å². The molecule has 0 bridgehead atoms. The summed E-state index contributed by atoms with van der Waals surface area (Å²) in [5.41, 5.74) is 0.0962. The van der Waals surface area contributed by atoms with Crippen molar-refractivity contribution in [2.45, 2.75) is 58.4 Å². The second-order valence-corrected chi connectivity index (χ2v) is 8.02. The Bertz CT molecular complexity index is 560. The lowest BCUT2D eigenvalue weighted by atomic mass is 9.78. The van der Waals surface area contributed by atoms with E-state index in [1.54, 1.807) is 0 Å². The van der Waals surface area contributed by atoms with Crippen LogP contribution in [0.4, 0.5) is 0 Å². The highest BCUT2D eigenvalue weighted by Gasteiger charge is 2.43. The Morgan fingerprint density at radius 1 is 1.45 bits per heavy atom. The second-order valence-electron chi connectivity index (χ2n) is 8.02. The van der Waals surface area contributed by atoms with Crippen molar-refractivity contribution < 1.29 is 9.21 Å².